The van der Waals surface area contributed by atoms with E-state index in [9.17, 15) is 5.11 Å². The molecule has 1 aromatic rings. The molecule has 2 heterocycles. The second kappa shape index (κ2) is 10.2. The lowest BCUT2D eigenvalue weighted by Crippen LogP contribution is -2.59. The number of piperidine rings is 1. The number of aliphatic hydroxyl groups is 1. The van der Waals surface area contributed by atoms with Crippen LogP contribution in [0.2, 0.25) is 0 Å². The van der Waals surface area contributed by atoms with Crippen molar-refractivity contribution in [3.8, 4) is 0 Å². The molecule has 0 amide bonds. The smallest absolute Gasteiger partial charge is 0.0446 e. The second-order valence-corrected chi connectivity index (χ2v) is 9.15. The molecule has 3 fully saturated rings. The van der Waals surface area contributed by atoms with Gasteiger partial charge in [0.2, 0.25) is 0 Å². The van der Waals surface area contributed by atoms with E-state index >= 15 is 0 Å². The Labute approximate surface area is 171 Å². The first-order valence-electron chi connectivity index (χ1n) is 11.7. The van der Waals surface area contributed by atoms with Gasteiger partial charge < -0.3 is 10.0 Å². The minimum atomic E-state index is 0.333. The highest BCUT2D eigenvalue weighted by molar-refractivity contribution is 5.14. The zero-order chi connectivity index (χ0) is 19.2. The fourth-order valence-corrected chi connectivity index (χ4v) is 5.79. The summed E-state index contributed by atoms with van der Waals surface area (Å²) in [5, 5.41) is 9.61. The maximum atomic E-state index is 9.61. The van der Waals surface area contributed by atoms with E-state index < -0.39 is 0 Å². The van der Waals surface area contributed by atoms with Crippen molar-refractivity contribution >= 4 is 0 Å². The number of nitrogens with zero attached hydrogens (tertiary/aromatic N) is 3. The van der Waals surface area contributed by atoms with Crippen molar-refractivity contribution in [2.75, 3.05) is 45.9 Å². The summed E-state index contributed by atoms with van der Waals surface area (Å²) in [4.78, 5) is 8.18. The molecule has 1 aromatic carbocycles. The molecule has 0 radical (unpaired) electrons. The van der Waals surface area contributed by atoms with Gasteiger partial charge in [-0.25, -0.2) is 0 Å². The van der Waals surface area contributed by atoms with E-state index in [4.69, 9.17) is 0 Å². The lowest BCUT2D eigenvalue weighted by molar-refractivity contribution is -0.00238. The first kappa shape index (κ1) is 20.3. The minimum Gasteiger partial charge on any atom is -0.396 e. The summed E-state index contributed by atoms with van der Waals surface area (Å²) < 4.78 is 0. The van der Waals surface area contributed by atoms with Gasteiger partial charge in [-0.05, 0) is 57.2 Å². The Balaban J connectivity index is 1.24. The average Bonchev–Trinajstić information content (AvgIpc) is 3.28. The van der Waals surface area contributed by atoms with Gasteiger partial charge in [0.25, 0.3) is 0 Å². The summed E-state index contributed by atoms with van der Waals surface area (Å²) >= 11 is 0. The topological polar surface area (TPSA) is 30.0 Å². The molecule has 4 nitrogen and oxygen atoms in total. The van der Waals surface area contributed by atoms with Crippen molar-refractivity contribution in [2.45, 2.75) is 69.5 Å². The second-order valence-electron chi connectivity index (χ2n) is 9.15. The standard InChI is InChI=1S/C24H39N3O/c28-19-13-24-20-26(17-18-27(24)23-8-4-5-9-23)22-11-15-25(16-12-22)14-10-21-6-2-1-3-7-21/h1-3,6-7,22-24,28H,4-5,8-20H2. The molecule has 1 unspecified atom stereocenters. The van der Waals surface area contributed by atoms with Gasteiger partial charge in [-0.2, -0.15) is 0 Å². The van der Waals surface area contributed by atoms with E-state index in [1.165, 1.54) is 89.8 Å². The Hall–Kier alpha value is -0.940. The molecule has 1 atom stereocenters. The van der Waals surface area contributed by atoms with Crippen LogP contribution in [0, 0.1) is 0 Å². The molecule has 2 saturated heterocycles. The third kappa shape index (κ3) is 5.15. The van der Waals surface area contributed by atoms with Gasteiger partial charge in [0.1, 0.15) is 0 Å². The van der Waals surface area contributed by atoms with Crippen LogP contribution in [0.3, 0.4) is 0 Å². The van der Waals surface area contributed by atoms with Gasteiger partial charge in [-0.3, -0.25) is 9.80 Å². The summed E-state index contributed by atoms with van der Waals surface area (Å²) in [6.07, 6.45) is 10.3. The number of benzene rings is 1. The van der Waals surface area contributed by atoms with Crippen molar-refractivity contribution in [2.24, 2.45) is 0 Å². The highest BCUT2D eigenvalue weighted by Gasteiger charge is 2.35. The summed E-state index contributed by atoms with van der Waals surface area (Å²) in [5.74, 6) is 0. The van der Waals surface area contributed by atoms with Crippen LogP contribution in [-0.2, 0) is 6.42 Å². The van der Waals surface area contributed by atoms with Gasteiger partial charge in [-0.1, -0.05) is 43.2 Å². The van der Waals surface area contributed by atoms with Gasteiger partial charge in [0.05, 0.1) is 0 Å². The van der Waals surface area contributed by atoms with E-state index in [0.29, 0.717) is 12.6 Å². The number of piperazine rings is 1. The number of hydrogen-bond acceptors (Lipinski definition) is 4. The Morgan fingerprint density at radius 2 is 1.61 bits per heavy atom. The summed E-state index contributed by atoms with van der Waals surface area (Å²) in [5.41, 5.74) is 1.46. The molecule has 156 valence electrons. The van der Waals surface area contributed by atoms with E-state index in [2.05, 4.69) is 45.0 Å². The largest absolute Gasteiger partial charge is 0.396 e. The molecule has 0 aromatic heterocycles. The Bertz CT molecular complexity index is 566. The van der Waals surface area contributed by atoms with Crippen LogP contribution in [0.1, 0.15) is 50.5 Å². The SMILES string of the molecule is OCCC1CN(C2CCN(CCc3ccccc3)CC2)CCN1C1CCCC1. The molecule has 1 aliphatic carbocycles. The molecular weight excluding hydrogens is 346 g/mol. The van der Waals surface area contributed by atoms with Crippen LogP contribution in [0.25, 0.3) is 0 Å². The predicted octanol–water partition coefficient (Wildman–Crippen LogP) is 3.00. The molecule has 2 aliphatic heterocycles. The fraction of sp³-hybridized carbons (Fsp3) is 0.750. The molecule has 0 bridgehead atoms. The van der Waals surface area contributed by atoms with Crippen LogP contribution in [-0.4, -0.2) is 83.8 Å². The van der Waals surface area contributed by atoms with Crippen molar-refractivity contribution in [3.63, 3.8) is 0 Å². The molecule has 4 rings (SSSR count). The number of likely N-dealkylation sites (tertiary alicyclic amines) is 1. The minimum absolute atomic E-state index is 0.333. The van der Waals surface area contributed by atoms with Crippen LogP contribution in [0.5, 0.6) is 0 Å². The molecule has 1 saturated carbocycles. The summed E-state index contributed by atoms with van der Waals surface area (Å²) in [6.45, 7) is 7.62. The average molecular weight is 386 g/mol. The highest BCUT2D eigenvalue weighted by atomic mass is 16.3. The summed E-state index contributed by atoms with van der Waals surface area (Å²) in [7, 11) is 0. The van der Waals surface area contributed by atoms with Crippen molar-refractivity contribution < 1.29 is 5.11 Å². The zero-order valence-electron chi connectivity index (χ0n) is 17.5. The maximum Gasteiger partial charge on any atom is 0.0446 e. The molecular formula is C24H39N3O. The highest BCUT2D eigenvalue weighted by Crippen LogP contribution is 2.29. The molecule has 3 aliphatic rings. The van der Waals surface area contributed by atoms with Crippen LogP contribution >= 0.6 is 0 Å². The lowest BCUT2D eigenvalue weighted by Gasteiger charge is -2.48. The number of aliphatic hydroxyl groups excluding tert-OH is 1. The van der Waals surface area contributed by atoms with E-state index in [-0.39, 0.29) is 0 Å². The quantitative estimate of drug-likeness (QED) is 0.781. The van der Waals surface area contributed by atoms with Gasteiger partial charge in [0, 0.05) is 50.9 Å². The third-order valence-electron chi connectivity index (χ3n) is 7.45. The predicted molar refractivity (Wildman–Crippen MR) is 116 cm³/mol. The fourth-order valence-electron chi connectivity index (χ4n) is 5.79. The first-order chi connectivity index (χ1) is 13.8. The van der Waals surface area contributed by atoms with Crippen LogP contribution < -0.4 is 0 Å². The maximum absolute atomic E-state index is 9.61. The van der Waals surface area contributed by atoms with Crippen LogP contribution in [0.4, 0.5) is 0 Å². The van der Waals surface area contributed by atoms with Gasteiger partial charge in [0.15, 0.2) is 0 Å². The third-order valence-corrected chi connectivity index (χ3v) is 7.45. The molecule has 4 heteroatoms. The van der Waals surface area contributed by atoms with Crippen molar-refractivity contribution in [3.05, 3.63) is 35.9 Å². The van der Waals surface area contributed by atoms with Crippen LogP contribution in [0.15, 0.2) is 30.3 Å². The van der Waals surface area contributed by atoms with Crippen molar-refractivity contribution in [1.82, 2.24) is 14.7 Å². The Morgan fingerprint density at radius 1 is 0.857 bits per heavy atom. The number of hydrogen-bond donors (Lipinski definition) is 1. The van der Waals surface area contributed by atoms with E-state index in [1.54, 1.807) is 0 Å². The van der Waals surface area contributed by atoms with Gasteiger partial charge >= 0.3 is 0 Å². The molecule has 0 spiro atoms. The monoisotopic (exact) mass is 385 g/mol. The Kier molecular flexibility index (Phi) is 7.41. The van der Waals surface area contributed by atoms with E-state index in [0.717, 1.165) is 18.5 Å². The normalized spacial score (nSPS) is 26.8. The first-order valence-corrected chi connectivity index (χ1v) is 11.7. The molecule has 1 N–H and O–H groups in total. The zero-order valence-corrected chi connectivity index (χ0v) is 17.5. The van der Waals surface area contributed by atoms with Gasteiger partial charge in [-0.15, -0.1) is 0 Å². The van der Waals surface area contributed by atoms with E-state index in [1.807, 2.05) is 0 Å². The lowest BCUT2D eigenvalue weighted by atomic mass is 9.98. The number of rotatable bonds is 7. The Morgan fingerprint density at radius 3 is 2.32 bits per heavy atom. The summed E-state index contributed by atoms with van der Waals surface area (Å²) in [6, 6.07) is 13.0. The van der Waals surface area contributed by atoms with Crippen molar-refractivity contribution in [1.29, 1.82) is 0 Å². The molecule has 28 heavy (non-hydrogen) atoms.